The van der Waals surface area contributed by atoms with Crippen molar-refractivity contribution in [3.05, 3.63) is 66.0 Å². The van der Waals surface area contributed by atoms with E-state index in [2.05, 4.69) is 19.9 Å². The Kier molecular flexibility index (Phi) is 3.74. The maximum Gasteiger partial charge on any atom is 0.164 e. The third kappa shape index (κ3) is 2.77. The molecule has 3 heterocycles. The number of fused-ring (bicyclic) bond motifs is 1. The van der Waals surface area contributed by atoms with Gasteiger partial charge in [-0.2, -0.15) is 0 Å². The lowest BCUT2D eigenvalue weighted by Gasteiger charge is -2.10. The van der Waals surface area contributed by atoms with Crippen molar-refractivity contribution in [2.24, 2.45) is 0 Å². The molecular formula is C18H11ClFN5. The predicted octanol–water partition coefficient (Wildman–Crippen LogP) is 4.13. The Morgan fingerprint density at radius 1 is 0.960 bits per heavy atom. The van der Waals surface area contributed by atoms with Gasteiger partial charge in [-0.25, -0.2) is 19.3 Å². The first-order chi connectivity index (χ1) is 12.1. The van der Waals surface area contributed by atoms with Gasteiger partial charge in [0, 0.05) is 29.1 Å². The van der Waals surface area contributed by atoms with Gasteiger partial charge < -0.3 is 5.73 Å². The van der Waals surface area contributed by atoms with Gasteiger partial charge >= 0.3 is 0 Å². The smallest absolute Gasteiger partial charge is 0.164 e. The first-order valence-electron chi connectivity index (χ1n) is 7.40. The van der Waals surface area contributed by atoms with Crippen LogP contribution < -0.4 is 5.73 Å². The van der Waals surface area contributed by atoms with Crippen molar-refractivity contribution >= 4 is 28.5 Å². The third-order valence-corrected chi connectivity index (χ3v) is 4.12. The van der Waals surface area contributed by atoms with Gasteiger partial charge in [0.25, 0.3) is 0 Å². The molecule has 0 aliphatic rings. The van der Waals surface area contributed by atoms with Gasteiger partial charge in [-0.15, -0.1) is 0 Å². The topological polar surface area (TPSA) is 77.6 Å². The number of rotatable bonds is 2. The zero-order chi connectivity index (χ0) is 17.4. The standard InChI is InChI=1S/C18H11ClFN5/c19-14-7-10(3-4-15(14)20)16-12(2-1-5-22-16)11-6-13-17(21)24-9-25-18(13)23-8-11/h1-9H,(H2,21,23,24,25). The van der Waals surface area contributed by atoms with Crippen molar-refractivity contribution < 1.29 is 4.39 Å². The number of anilines is 1. The second-order valence-corrected chi connectivity index (χ2v) is 5.79. The van der Waals surface area contributed by atoms with Crippen molar-refractivity contribution in [1.82, 2.24) is 19.9 Å². The fourth-order valence-electron chi connectivity index (χ4n) is 2.62. The van der Waals surface area contributed by atoms with E-state index in [0.29, 0.717) is 28.1 Å². The average Bonchev–Trinajstić information content (AvgIpc) is 2.64. The van der Waals surface area contributed by atoms with Crippen LogP contribution in [-0.4, -0.2) is 19.9 Å². The van der Waals surface area contributed by atoms with E-state index in [1.165, 1.54) is 12.4 Å². The molecule has 0 saturated carbocycles. The molecule has 0 atom stereocenters. The molecule has 1 aromatic carbocycles. The maximum absolute atomic E-state index is 13.5. The van der Waals surface area contributed by atoms with Crippen molar-refractivity contribution in [2.45, 2.75) is 0 Å². The molecule has 7 heteroatoms. The van der Waals surface area contributed by atoms with Gasteiger partial charge in [-0.05, 0) is 30.3 Å². The van der Waals surface area contributed by atoms with Gasteiger partial charge in [-0.3, -0.25) is 4.98 Å². The van der Waals surface area contributed by atoms with Crippen LogP contribution in [0.1, 0.15) is 0 Å². The van der Waals surface area contributed by atoms with E-state index in [0.717, 1.165) is 11.1 Å². The Labute approximate surface area is 147 Å². The van der Waals surface area contributed by atoms with Crippen molar-refractivity contribution in [2.75, 3.05) is 5.73 Å². The molecule has 4 aromatic rings. The second kappa shape index (κ2) is 6.07. The summed E-state index contributed by atoms with van der Waals surface area (Å²) in [5.74, 6) is -0.116. The number of nitrogens with zero attached hydrogens (tertiary/aromatic N) is 4. The minimum absolute atomic E-state index is 0.0448. The Morgan fingerprint density at radius 2 is 1.84 bits per heavy atom. The molecule has 0 amide bonds. The lowest BCUT2D eigenvalue weighted by molar-refractivity contribution is 0.628. The molecule has 0 saturated heterocycles. The minimum Gasteiger partial charge on any atom is -0.383 e. The lowest BCUT2D eigenvalue weighted by atomic mass is 10.00. The van der Waals surface area contributed by atoms with Crippen LogP contribution >= 0.6 is 11.6 Å². The summed E-state index contributed by atoms with van der Waals surface area (Å²) < 4.78 is 13.5. The van der Waals surface area contributed by atoms with E-state index in [-0.39, 0.29) is 5.02 Å². The Morgan fingerprint density at radius 3 is 2.68 bits per heavy atom. The van der Waals surface area contributed by atoms with Crippen molar-refractivity contribution in [3.63, 3.8) is 0 Å². The van der Waals surface area contributed by atoms with E-state index in [1.807, 2.05) is 18.2 Å². The zero-order valence-electron chi connectivity index (χ0n) is 12.8. The summed E-state index contributed by atoms with van der Waals surface area (Å²) in [6.07, 6.45) is 4.74. The van der Waals surface area contributed by atoms with Gasteiger partial charge in [0.05, 0.1) is 16.1 Å². The molecule has 4 rings (SSSR count). The summed E-state index contributed by atoms with van der Waals surface area (Å²) in [4.78, 5) is 16.9. The van der Waals surface area contributed by atoms with Crippen LogP contribution in [0.3, 0.4) is 0 Å². The zero-order valence-corrected chi connectivity index (χ0v) is 13.6. The number of pyridine rings is 2. The number of nitrogens with two attached hydrogens (primary N) is 1. The first kappa shape index (κ1) is 15.4. The highest BCUT2D eigenvalue weighted by atomic mass is 35.5. The highest BCUT2D eigenvalue weighted by molar-refractivity contribution is 6.31. The van der Waals surface area contributed by atoms with E-state index in [1.54, 1.807) is 24.5 Å². The quantitative estimate of drug-likeness (QED) is 0.587. The molecular weight excluding hydrogens is 341 g/mol. The molecule has 0 aliphatic carbocycles. The number of nitrogen functional groups attached to an aromatic ring is 1. The molecule has 0 bridgehead atoms. The summed E-state index contributed by atoms with van der Waals surface area (Å²) in [6.45, 7) is 0. The van der Waals surface area contributed by atoms with E-state index in [9.17, 15) is 4.39 Å². The maximum atomic E-state index is 13.5. The van der Waals surface area contributed by atoms with E-state index >= 15 is 0 Å². The monoisotopic (exact) mass is 351 g/mol. The molecule has 0 spiro atoms. The van der Waals surface area contributed by atoms with Gasteiger partial charge in [-0.1, -0.05) is 17.7 Å². The van der Waals surface area contributed by atoms with Crippen LogP contribution in [0.2, 0.25) is 5.02 Å². The molecule has 122 valence electrons. The molecule has 5 nitrogen and oxygen atoms in total. The summed E-state index contributed by atoms with van der Waals surface area (Å²) in [5, 5.41) is 0.704. The SMILES string of the molecule is Nc1ncnc2ncc(-c3cccnc3-c3ccc(F)c(Cl)c3)cc12. The van der Waals surface area contributed by atoms with Crippen LogP contribution in [0, 0.1) is 5.82 Å². The predicted molar refractivity (Wildman–Crippen MR) is 95.4 cm³/mol. The number of hydrogen-bond acceptors (Lipinski definition) is 5. The number of halogens is 2. The molecule has 25 heavy (non-hydrogen) atoms. The first-order valence-corrected chi connectivity index (χ1v) is 7.78. The molecule has 0 fully saturated rings. The number of benzene rings is 1. The van der Waals surface area contributed by atoms with Crippen molar-refractivity contribution in [1.29, 1.82) is 0 Å². The second-order valence-electron chi connectivity index (χ2n) is 5.38. The van der Waals surface area contributed by atoms with Crippen molar-refractivity contribution in [3.8, 4) is 22.4 Å². The van der Waals surface area contributed by atoms with Crippen LogP contribution in [0.4, 0.5) is 10.2 Å². The van der Waals surface area contributed by atoms with Crippen LogP contribution in [-0.2, 0) is 0 Å². The van der Waals surface area contributed by atoms with E-state index < -0.39 is 5.82 Å². The molecule has 3 aromatic heterocycles. The van der Waals surface area contributed by atoms with Gasteiger partial charge in [0.1, 0.15) is 18.0 Å². The average molecular weight is 352 g/mol. The number of hydrogen-bond donors (Lipinski definition) is 1. The Bertz CT molecular complexity index is 1100. The molecule has 0 radical (unpaired) electrons. The van der Waals surface area contributed by atoms with Crippen LogP contribution in [0.5, 0.6) is 0 Å². The van der Waals surface area contributed by atoms with E-state index in [4.69, 9.17) is 17.3 Å². The Balaban J connectivity index is 1.92. The minimum atomic E-state index is -0.472. The normalized spacial score (nSPS) is 11.0. The van der Waals surface area contributed by atoms with Gasteiger partial charge in [0.15, 0.2) is 5.65 Å². The fourth-order valence-corrected chi connectivity index (χ4v) is 2.80. The summed E-state index contributed by atoms with van der Waals surface area (Å²) >= 11 is 5.91. The lowest BCUT2D eigenvalue weighted by Crippen LogP contribution is -1.96. The molecule has 2 N–H and O–H groups in total. The van der Waals surface area contributed by atoms with Gasteiger partial charge in [0.2, 0.25) is 0 Å². The van der Waals surface area contributed by atoms with Crippen LogP contribution in [0.15, 0.2) is 55.1 Å². The summed E-state index contributed by atoms with van der Waals surface area (Å²) in [7, 11) is 0. The largest absolute Gasteiger partial charge is 0.383 e. The molecule has 0 aliphatic heterocycles. The van der Waals surface area contributed by atoms with Crippen LogP contribution in [0.25, 0.3) is 33.4 Å². The highest BCUT2D eigenvalue weighted by Gasteiger charge is 2.12. The summed E-state index contributed by atoms with van der Waals surface area (Å²) in [6, 6.07) is 10.1. The number of aromatic nitrogens is 4. The highest BCUT2D eigenvalue weighted by Crippen LogP contribution is 2.33. The third-order valence-electron chi connectivity index (χ3n) is 3.83. The molecule has 0 unspecified atom stereocenters. The fraction of sp³-hybridized carbons (Fsp3) is 0. The Hall–Kier alpha value is -3.12. The summed E-state index contributed by atoms with van der Waals surface area (Å²) in [5.41, 5.74) is 9.44.